The zero-order valence-electron chi connectivity index (χ0n) is 10.6. The van der Waals surface area contributed by atoms with Crippen LogP contribution >= 0.6 is 11.3 Å². The molecule has 0 fully saturated rings. The van der Waals surface area contributed by atoms with E-state index in [4.69, 9.17) is 0 Å². The van der Waals surface area contributed by atoms with E-state index in [2.05, 4.69) is 9.97 Å². The average molecular weight is 270 g/mol. The van der Waals surface area contributed by atoms with E-state index >= 15 is 0 Å². The lowest BCUT2D eigenvalue weighted by atomic mass is 10.0. The molecule has 0 amide bonds. The van der Waals surface area contributed by atoms with E-state index in [1.165, 1.54) is 0 Å². The number of thiazole rings is 1. The summed E-state index contributed by atoms with van der Waals surface area (Å²) in [6, 6.07) is 9.78. The maximum Gasteiger partial charge on any atom is 0.0897 e. The fourth-order valence-corrected chi connectivity index (χ4v) is 2.74. The van der Waals surface area contributed by atoms with Crippen molar-refractivity contribution < 1.29 is 5.11 Å². The zero-order chi connectivity index (χ0) is 13.2. The van der Waals surface area contributed by atoms with E-state index in [9.17, 15) is 5.11 Å². The van der Waals surface area contributed by atoms with Gasteiger partial charge in [-0.05, 0) is 30.7 Å². The predicted molar refractivity (Wildman–Crippen MR) is 77.3 cm³/mol. The van der Waals surface area contributed by atoms with Gasteiger partial charge in [-0.25, -0.2) is 4.98 Å². The summed E-state index contributed by atoms with van der Waals surface area (Å²) in [5, 5.41) is 14.4. The van der Waals surface area contributed by atoms with Crippen molar-refractivity contribution >= 4 is 22.2 Å². The fourth-order valence-electron chi connectivity index (χ4n) is 2.12. The maximum atomic E-state index is 10.3. The molecule has 2 aromatic heterocycles. The van der Waals surface area contributed by atoms with Crippen LogP contribution in [-0.2, 0) is 6.42 Å². The van der Waals surface area contributed by atoms with Crippen LogP contribution in [-0.4, -0.2) is 15.1 Å². The number of fused-ring (bicyclic) bond motifs is 1. The van der Waals surface area contributed by atoms with Crippen molar-refractivity contribution in [3.05, 3.63) is 58.2 Å². The lowest BCUT2D eigenvalue weighted by Gasteiger charge is -2.10. The number of aliphatic hydroxyl groups is 1. The van der Waals surface area contributed by atoms with E-state index < -0.39 is 6.10 Å². The van der Waals surface area contributed by atoms with Gasteiger partial charge in [-0.3, -0.25) is 4.98 Å². The Morgan fingerprint density at radius 2 is 2.21 bits per heavy atom. The molecule has 1 atom stereocenters. The molecule has 4 heteroatoms. The molecule has 0 saturated heterocycles. The first-order chi connectivity index (χ1) is 9.22. The molecule has 3 rings (SSSR count). The third-order valence-electron chi connectivity index (χ3n) is 3.08. The maximum absolute atomic E-state index is 10.3. The Morgan fingerprint density at radius 3 is 3.00 bits per heavy atom. The highest BCUT2D eigenvalue weighted by Crippen LogP contribution is 2.22. The van der Waals surface area contributed by atoms with Gasteiger partial charge in [0.1, 0.15) is 0 Å². The molecule has 0 aliphatic carbocycles. The number of hydrogen-bond donors (Lipinski definition) is 1. The summed E-state index contributed by atoms with van der Waals surface area (Å²) >= 11 is 1.61. The summed E-state index contributed by atoms with van der Waals surface area (Å²) in [5.41, 5.74) is 2.80. The molecule has 0 saturated carbocycles. The molecule has 3 nitrogen and oxygen atoms in total. The summed E-state index contributed by atoms with van der Waals surface area (Å²) in [6.07, 6.45) is 1.80. The zero-order valence-corrected chi connectivity index (χ0v) is 11.4. The quantitative estimate of drug-likeness (QED) is 0.794. The number of rotatable bonds is 3. The molecule has 1 aromatic carbocycles. The molecule has 0 radical (unpaired) electrons. The molecular formula is C15H14N2OS. The number of pyridine rings is 1. The molecule has 96 valence electrons. The van der Waals surface area contributed by atoms with Crippen LogP contribution in [0.5, 0.6) is 0 Å². The van der Waals surface area contributed by atoms with Crippen LogP contribution in [0.15, 0.2) is 41.9 Å². The number of hydrogen-bond acceptors (Lipinski definition) is 4. The van der Waals surface area contributed by atoms with Gasteiger partial charge in [-0.15, -0.1) is 11.3 Å². The van der Waals surface area contributed by atoms with Crippen LogP contribution in [0.2, 0.25) is 0 Å². The highest BCUT2D eigenvalue weighted by atomic mass is 32.1. The number of aryl methyl sites for hydroxylation is 1. The molecule has 3 aromatic rings. The second-order valence-corrected chi connectivity index (χ2v) is 5.60. The molecule has 1 unspecified atom stereocenters. The standard InChI is InChI=1S/C15H14N2OS/c1-10-17-13(9-19-10)8-15(18)12-4-5-14-11(7-12)3-2-6-16-14/h2-7,9,15,18H,8H2,1H3. The SMILES string of the molecule is Cc1nc(CC(O)c2ccc3ncccc3c2)cs1. The molecule has 19 heavy (non-hydrogen) atoms. The van der Waals surface area contributed by atoms with Crippen molar-refractivity contribution in [3.8, 4) is 0 Å². The van der Waals surface area contributed by atoms with Gasteiger partial charge < -0.3 is 5.11 Å². The molecule has 0 bridgehead atoms. The Morgan fingerprint density at radius 1 is 1.32 bits per heavy atom. The van der Waals surface area contributed by atoms with Gasteiger partial charge in [0.2, 0.25) is 0 Å². The van der Waals surface area contributed by atoms with E-state index in [1.54, 1.807) is 17.5 Å². The lowest BCUT2D eigenvalue weighted by molar-refractivity contribution is 0.177. The first kappa shape index (κ1) is 12.3. The Hall–Kier alpha value is -1.78. The van der Waals surface area contributed by atoms with E-state index in [0.717, 1.165) is 27.2 Å². The smallest absolute Gasteiger partial charge is 0.0897 e. The number of aromatic nitrogens is 2. The molecule has 1 N–H and O–H groups in total. The van der Waals surface area contributed by atoms with Crippen molar-refractivity contribution in [1.82, 2.24) is 9.97 Å². The van der Waals surface area contributed by atoms with E-state index in [-0.39, 0.29) is 0 Å². The summed E-state index contributed by atoms with van der Waals surface area (Å²) in [6.45, 7) is 1.97. The predicted octanol–water partition coefficient (Wildman–Crippen LogP) is 3.28. The largest absolute Gasteiger partial charge is 0.388 e. The lowest BCUT2D eigenvalue weighted by Crippen LogP contribution is -2.02. The summed E-state index contributed by atoms with van der Waals surface area (Å²) < 4.78 is 0. The van der Waals surface area contributed by atoms with E-state index in [1.807, 2.05) is 42.6 Å². The summed E-state index contributed by atoms with van der Waals surface area (Å²) in [7, 11) is 0. The Bertz CT molecular complexity index is 708. The number of nitrogens with zero attached hydrogens (tertiary/aromatic N) is 2. The van der Waals surface area contributed by atoms with Gasteiger partial charge in [0, 0.05) is 23.4 Å². The second kappa shape index (κ2) is 5.07. The minimum absolute atomic E-state index is 0.522. The summed E-state index contributed by atoms with van der Waals surface area (Å²) in [5.74, 6) is 0. The highest BCUT2D eigenvalue weighted by Gasteiger charge is 2.11. The minimum atomic E-state index is -0.522. The average Bonchev–Trinajstić information content (AvgIpc) is 2.83. The minimum Gasteiger partial charge on any atom is -0.388 e. The van der Waals surface area contributed by atoms with Crippen molar-refractivity contribution in [1.29, 1.82) is 0 Å². The Balaban J connectivity index is 1.86. The van der Waals surface area contributed by atoms with Crippen LogP contribution < -0.4 is 0 Å². The number of aliphatic hydroxyl groups excluding tert-OH is 1. The van der Waals surface area contributed by atoms with Crippen molar-refractivity contribution in [3.63, 3.8) is 0 Å². The van der Waals surface area contributed by atoms with Crippen LogP contribution in [0.3, 0.4) is 0 Å². The first-order valence-electron chi connectivity index (χ1n) is 6.16. The molecule has 2 heterocycles. The van der Waals surface area contributed by atoms with Gasteiger partial charge in [-0.1, -0.05) is 12.1 Å². The van der Waals surface area contributed by atoms with E-state index in [0.29, 0.717) is 6.42 Å². The van der Waals surface area contributed by atoms with Crippen molar-refractivity contribution in [2.45, 2.75) is 19.4 Å². The van der Waals surface area contributed by atoms with Crippen LogP contribution in [0, 0.1) is 6.92 Å². The molecule has 0 aliphatic heterocycles. The van der Waals surface area contributed by atoms with Crippen LogP contribution in [0.4, 0.5) is 0 Å². The van der Waals surface area contributed by atoms with Crippen molar-refractivity contribution in [2.24, 2.45) is 0 Å². The number of benzene rings is 1. The summed E-state index contributed by atoms with van der Waals surface area (Å²) in [4.78, 5) is 8.66. The third kappa shape index (κ3) is 2.64. The molecule has 0 spiro atoms. The monoisotopic (exact) mass is 270 g/mol. The van der Waals surface area contributed by atoms with Gasteiger partial charge in [-0.2, -0.15) is 0 Å². The fraction of sp³-hybridized carbons (Fsp3) is 0.200. The van der Waals surface area contributed by atoms with Gasteiger partial charge in [0.15, 0.2) is 0 Å². The molecular weight excluding hydrogens is 256 g/mol. The van der Waals surface area contributed by atoms with Crippen LogP contribution in [0.1, 0.15) is 22.4 Å². The van der Waals surface area contributed by atoms with Crippen LogP contribution in [0.25, 0.3) is 10.9 Å². The Labute approximate surface area is 115 Å². The van der Waals surface area contributed by atoms with Gasteiger partial charge in [0.25, 0.3) is 0 Å². The van der Waals surface area contributed by atoms with Crippen molar-refractivity contribution in [2.75, 3.05) is 0 Å². The molecule has 0 aliphatic rings. The highest BCUT2D eigenvalue weighted by molar-refractivity contribution is 7.09. The van der Waals surface area contributed by atoms with Gasteiger partial charge in [0.05, 0.1) is 22.3 Å². The van der Waals surface area contributed by atoms with Gasteiger partial charge >= 0.3 is 0 Å². The topological polar surface area (TPSA) is 46.0 Å². The third-order valence-corrected chi connectivity index (χ3v) is 3.90. The normalized spacial score (nSPS) is 12.7. The first-order valence-corrected chi connectivity index (χ1v) is 7.04. The second-order valence-electron chi connectivity index (χ2n) is 4.53. The Kier molecular flexibility index (Phi) is 3.27.